The molecular weight excluding hydrogens is 264 g/mol. The fourth-order valence-corrected chi connectivity index (χ4v) is 2.26. The predicted octanol–water partition coefficient (Wildman–Crippen LogP) is 0.761. The highest BCUT2D eigenvalue weighted by molar-refractivity contribution is 7.09. The van der Waals surface area contributed by atoms with Crippen LogP contribution in [0, 0.1) is 0 Å². The van der Waals surface area contributed by atoms with Crippen LogP contribution in [0.25, 0.3) is 0 Å². The molecule has 6 nitrogen and oxygen atoms in total. The number of nitrogens with one attached hydrogen (secondary N) is 1. The van der Waals surface area contributed by atoms with Gasteiger partial charge in [0.15, 0.2) is 0 Å². The number of rotatable bonds is 6. The first-order valence-corrected chi connectivity index (χ1v) is 7.14. The molecule has 0 aliphatic carbocycles. The van der Waals surface area contributed by atoms with Crippen molar-refractivity contribution in [2.45, 2.75) is 26.8 Å². The minimum absolute atomic E-state index is 0.0498. The van der Waals surface area contributed by atoms with Crippen molar-refractivity contribution in [1.29, 1.82) is 0 Å². The number of carbonyl (C=O) groups excluding carboxylic acids is 2. The zero-order chi connectivity index (χ0) is 14.4. The van der Waals surface area contributed by atoms with Crippen LogP contribution >= 0.6 is 11.3 Å². The van der Waals surface area contributed by atoms with Gasteiger partial charge in [0.25, 0.3) is 5.91 Å². The second kappa shape index (κ2) is 7.20. The zero-order valence-electron chi connectivity index (χ0n) is 11.5. The summed E-state index contributed by atoms with van der Waals surface area (Å²) in [4.78, 5) is 29.4. The molecule has 1 rings (SSSR count). The Morgan fingerprint density at radius 3 is 2.68 bits per heavy atom. The van der Waals surface area contributed by atoms with Crippen LogP contribution in [0.2, 0.25) is 0 Å². The second-order valence-electron chi connectivity index (χ2n) is 4.13. The van der Waals surface area contributed by atoms with Gasteiger partial charge in [-0.05, 0) is 20.8 Å². The van der Waals surface area contributed by atoms with Gasteiger partial charge in [-0.2, -0.15) is 0 Å². The van der Waals surface area contributed by atoms with Crippen LogP contribution in [0.1, 0.15) is 42.3 Å². The van der Waals surface area contributed by atoms with Crippen molar-refractivity contribution >= 4 is 23.2 Å². The number of thiazole rings is 1. The Morgan fingerprint density at radius 1 is 1.53 bits per heavy atom. The minimum atomic E-state index is -0.239. The summed E-state index contributed by atoms with van der Waals surface area (Å²) in [7, 11) is 0. The second-order valence-corrected chi connectivity index (χ2v) is 5.02. The molecule has 19 heavy (non-hydrogen) atoms. The van der Waals surface area contributed by atoms with Crippen LogP contribution in [-0.4, -0.2) is 41.3 Å². The van der Waals surface area contributed by atoms with Crippen LogP contribution < -0.4 is 11.1 Å². The number of amides is 2. The summed E-state index contributed by atoms with van der Waals surface area (Å²) in [6.45, 7) is 6.55. The molecule has 1 heterocycles. The summed E-state index contributed by atoms with van der Waals surface area (Å²) >= 11 is 1.36. The van der Waals surface area contributed by atoms with Crippen LogP contribution in [0.4, 0.5) is 0 Å². The molecule has 0 radical (unpaired) electrons. The van der Waals surface area contributed by atoms with E-state index in [1.165, 1.54) is 16.2 Å². The number of nitrogens with two attached hydrogens (primary N) is 1. The van der Waals surface area contributed by atoms with E-state index < -0.39 is 0 Å². The largest absolute Gasteiger partial charge is 0.355 e. The maximum Gasteiger partial charge on any atom is 0.273 e. The van der Waals surface area contributed by atoms with Gasteiger partial charge in [0, 0.05) is 18.5 Å². The molecule has 7 heteroatoms. The van der Waals surface area contributed by atoms with E-state index in [2.05, 4.69) is 10.3 Å². The van der Waals surface area contributed by atoms with E-state index >= 15 is 0 Å². The molecule has 1 aromatic heterocycles. The normalized spacial score (nSPS) is 12.0. The van der Waals surface area contributed by atoms with Crippen molar-refractivity contribution in [2.24, 2.45) is 5.73 Å². The van der Waals surface area contributed by atoms with Gasteiger partial charge in [0.2, 0.25) is 5.91 Å². The van der Waals surface area contributed by atoms with E-state index in [0.717, 1.165) is 5.01 Å². The van der Waals surface area contributed by atoms with Crippen LogP contribution in [-0.2, 0) is 4.79 Å². The first-order valence-electron chi connectivity index (χ1n) is 6.26. The lowest BCUT2D eigenvalue weighted by Crippen LogP contribution is -2.40. The number of likely N-dealkylation sites (N-methyl/N-ethyl adjacent to an activating group) is 2. The molecule has 1 aromatic rings. The summed E-state index contributed by atoms with van der Waals surface area (Å²) in [6.07, 6.45) is 0. The van der Waals surface area contributed by atoms with E-state index in [-0.39, 0.29) is 24.4 Å². The Kier molecular flexibility index (Phi) is 5.91. The maximum atomic E-state index is 12.2. The third-order valence-corrected chi connectivity index (χ3v) is 3.55. The Labute approximate surface area is 117 Å². The summed E-state index contributed by atoms with van der Waals surface area (Å²) < 4.78 is 0. The van der Waals surface area contributed by atoms with E-state index in [4.69, 9.17) is 5.73 Å². The molecule has 3 N–H and O–H groups in total. The maximum absolute atomic E-state index is 12.2. The van der Waals surface area contributed by atoms with Crippen molar-refractivity contribution in [2.75, 3.05) is 19.6 Å². The van der Waals surface area contributed by atoms with Gasteiger partial charge in [-0.15, -0.1) is 11.3 Å². The third kappa shape index (κ3) is 4.29. The SMILES string of the molecule is CCNC(=O)CN(CC)C(=O)c1csc(C(C)N)n1. The summed E-state index contributed by atoms with van der Waals surface area (Å²) in [5.41, 5.74) is 6.07. The topological polar surface area (TPSA) is 88.3 Å². The van der Waals surface area contributed by atoms with Crippen molar-refractivity contribution in [3.05, 3.63) is 16.1 Å². The molecule has 1 atom stereocenters. The van der Waals surface area contributed by atoms with Gasteiger partial charge in [0.05, 0.1) is 12.6 Å². The van der Waals surface area contributed by atoms with E-state index in [9.17, 15) is 9.59 Å². The quantitative estimate of drug-likeness (QED) is 0.807. The molecule has 1 unspecified atom stereocenters. The third-order valence-electron chi connectivity index (χ3n) is 2.51. The molecule has 106 valence electrons. The van der Waals surface area contributed by atoms with E-state index in [1.54, 1.807) is 5.38 Å². The molecule has 0 aliphatic rings. The monoisotopic (exact) mass is 284 g/mol. The number of hydrogen-bond acceptors (Lipinski definition) is 5. The average molecular weight is 284 g/mol. The van der Waals surface area contributed by atoms with Crippen molar-refractivity contribution in [3.8, 4) is 0 Å². The number of hydrogen-bond donors (Lipinski definition) is 2. The molecular formula is C12H20N4O2S. The fraction of sp³-hybridized carbons (Fsp3) is 0.583. The Balaban J connectivity index is 2.74. The van der Waals surface area contributed by atoms with Gasteiger partial charge in [0.1, 0.15) is 10.7 Å². The highest BCUT2D eigenvalue weighted by Crippen LogP contribution is 2.17. The molecule has 0 bridgehead atoms. The van der Waals surface area contributed by atoms with E-state index in [0.29, 0.717) is 18.8 Å². The van der Waals surface area contributed by atoms with Crippen molar-refractivity contribution in [1.82, 2.24) is 15.2 Å². The van der Waals surface area contributed by atoms with Gasteiger partial charge in [-0.1, -0.05) is 0 Å². The lowest BCUT2D eigenvalue weighted by molar-refractivity contribution is -0.121. The Morgan fingerprint density at radius 2 is 2.21 bits per heavy atom. The van der Waals surface area contributed by atoms with Gasteiger partial charge in [-0.25, -0.2) is 4.98 Å². The fourth-order valence-electron chi connectivity index (χ4n) is 1.51. The summed E-state index contributed by atoms with van der Waals surface area (Å²) in [6, 6.07) is -0.190. The molecule has 2 amide bonds. The molecule has 0 saturated carbocycles. The van der Waals surface area contributed by atoms with Gasteiger partial charge < -0.3 is 16.0 Å². The zero-order valence-corrected chi connectivity index (χ0v) is 12.3. The summed E-state index contributed by atoms with van der Waals surface area (Å²) in [5, 5.41) is 5.07. The first-order chi connectivity index (χ1) is 8.99. The molecule has 0 aromatic carbocycles. The standard InChI is InChI=1S/C12H20N4O2S/c1-4-14-10(17)6-16(5-2)12(18)9-7-19-11(15-9)8(3)13/h7-8H,4-6,13H2,1-3H3,(H,14,17). The molecule has 0 spiro atoms. The van der Waals surface area contributed by atoms with Crippen molar-refractivity contribution < 1.29 is 9.59 Å². The lowest BCUT2D eigenvalue weighted by Gasteiger charge is -2.18. The number of nitrogens with zero attached hydrogens (tertiary/aromatic N) is 2. The Bertz CT molecular complexity index is 445. The molecule has 0 saturated heterocycles. The highest BCUT2D eigenvalue weighted by Gasteiger charge is 2.20. The lowest BCUT2D eigenvalue weighted by atomic mass is 10.3. The van der Waals surface area contributed by atoms with Crippen LogP contribution in [0.5, 0.6) is 0 Å². The van der Waals surface area contributed by atoms with Crippen LogP contribution in [0.3, 0.4) is 0 Å². The highest BCUT2D eigenvalue weighted by atomic mass is 32.1. The number of carbonyl (C=O) groups is 2. The average Bonchev–Trinajstić information content (AvgIpc) is 2.85. The van der Waals surface area contributed by atoms with E-state index in [1.807, 2.05) is 20.8 Å². The van der Waals surface area contributed by atoms with Gasteiger partial charge in [-0.3, -0.25) is 9.59 Å². The smallest absolute Gasteiger partial charge is 0.273 e. The molecule has 0 fully saturated rings. The number of aromatic nitrogens is 1. The van der Waals surface area contributed by atoms with Crippen molar-refractivity contribution in [3.63, 3.8) is 0 Å². The van der Waals surface area contributed by atoms with Gasteiger partial charge >= 0.3 is 0 Å². The van der Waals surface area contributed by atoms with Crippen LogP contribution in [0.15, 0.2) is 5.38 Å². The first kappa shape index (κ1) is 15.6. The molecule has 0 aliphatic heterocycles. The minimum Gasteiger partial charge on any atom is -0.355 e. The Hall–Kier alpha value is -1.47. The summed E-state index contributed by atoms with van der Waals surface area (Å²) in [5.74, 6) is -0.405. The predicted molar refractivity (Wildman–Crippen MR) is 75.0 cm³/mol.